The monoisotopic (exact) mass is 914 g/mol. The number of carbonyl (C=O) groups is 5. The van der Waals surface area contributed by atoms with E-state index in [0.717, 1.165) is 75.8 Å². The van der Waals surface area contributed by atoms with Gasteiger partial charge in [-0.1, -0.05) is 18.9 Å². The van der Waals surface area contributed by atoms with Gasteiger partial charge in [0.1, 0.15) is 18.1 Å². The number of imide groups is 2. The van der Waals surface area contributed by atoms with Gasteiger partial charge in [0.25, 0.3) is 24.1 Å². The highest BCUT2D eigenvalue weighted by Gasteiger charge is 2.45. The highest BCUT2D eigenvalue weighted by molar-refractivity contribution is 6.25. The molecule has 1 aromatic carbocycles. The minimum atomic E-state index is -2.90. The molecule has 3 atom stereocenters. The molecule has 4 aromatic rings. The van der Waals surface area contributed by atoms with Crippen molar-refractivity contribution in [1.82, 2.24) is 34.9 Å². The van der Waals surface area contributed by atoms with Gasteiger partial charge in [-0.15, -0.1) is 0 Å². The van der Waals surface area contributed by atoms with Crippen LogP contribution in [0.3, 0.4) is 0 Å². The minimum Gasteiger partial charge on any atom is -0.444 e. The first-order valence-corrected chi connectivity index (χ1v) is 22.8. The fraction of sp³-hybridized carbons (Fsp3) is 0.522. The van der Waals surface area contributed by atoms with Crippen LogP contribution in [0.25, 0.3) is 11.5 Å². The fourth-order valence-electron chi connectivity index (χ4n) is 9.38. The van der Waals surface area contributed by atoms with E-state index in [-0.39, 0.29) is 53.3 Å². The number of benzene rings is 1. The number of halogens is 2. The summed E-state index contributed by atoms with van der Waals surface area (Å²) in [5.74, 6) is -1.73. The fourth-order valence-corrected chi connectivity index (χ4v) is 9.38. The van der Waals surface area contributed by atoms with E-state index in [1.807, 2.05) is 0 Å². The Balaban J connectivity index is 0.732. The van der Waals surface area contributed by atoms with E-state index in [9.17, 15) is 37.9 Å². The van der Waals surface area contributed by atoms with Gasteiger partial charge in [0, 0.05) is 62.9 Å². The van der Waals surface area contributed by atoms with Crippen molar-refractivity contribution in [3.8, 4) is 11.5 Å². The van der Waals surface area contributed by atoms with Gasteiger partial charge in [-0.05, 0) is 95.0 Å². The third-order valence-corrected chi connectivity index (χ3v) is 12.9. The second-order valence-electron chi connectivity index (χ2n) is 17.6. The molecule has 2 aliphatic carbocycles. The summed E-state index contributed by atoms with van der Waals surface area (Å²) in [6.07, 6.45) is 9.38. The number of anilines is 3. The van der Waals surface area contributed by atoms with E-state index in [1.165, 1.54) is 12.5 Å². The van der Waals surface area contributed by atoms with E-state index in [0.29, 0.717) is 49.2 Å². The summed E-state index contributed by atoms with van der Waals surface area (Å²) in [6.45, 7) is 3.31. The number of aromatic nitrogens is 4. The number of nitrogens with one attached hydrogen (secondary N) is 4. The number of hydrogen-bond donors (Lipinski definition) is 5. The van der Waals surface area contributed by atoms with Crippen molar-refractivity contribution in [2.75, 3.05) is 55.8 Å². The maximum absolute atomic E-state index is 14.2. The molecule has 5 heterocycles. The zero-order chi connectivity index (χ0) is 46.3. The number of hydrogen-bond acceptors (Lipinski definition) is 14. The molecular weight excluding hydrogens is 859 g/mol. The Kier molecular flexibility index (Phi) is 14.8. The van der Waals surface area contributed by atoms with Crippen LogP contribution in [0.1, 0.15) is 126 Å². The number of rotatable bonds is 19. The Morgan fingerprint density at radius 2 is 1.82 bits per heavy atom. The van der Waals surface area contributed by atoms with Crippen molar-refractivity contribution in [2.45, 2.75) is 108 Å². The number of fused-ring (bicyclic) bond motifs is 1. The Bertz CT molecular complexity index is 2400. The van der Waals surface area contributed by atoms with Crippen LogP contribution in [0.2, 0.25) is 0 Å². The molecule has 0 bridgehead atoms. The van der Waals surface area contributed by atoms with Gasteiger partial charge >= 0.3 is 0 Å². The average Bonchev–Trinajstić information content (AvgIpc) is 4.03. The van der Waals surface area contributed by atoms with Crippen LogP contribution in [0.5, 0.6) is 0 Å². The lowest BCUT2D eigenvalue weighted by molar-refractivity contribution is -0.136. The molecule has 2 saturated carbocycles. The molecule has 18 nitrogen and oxygen atoms in total. The number of carbonyl (C=O) groups excluding carboxylic acids is 5. The third kappa shape index (κ3) is 10.8. The Morgan fingerprint density at radius 1 is 1.02 bits per heavy atom. The van der Waals surface area contributed by atoms with E-state index < -0.39 is 53.8 Å². The molecule has 3 fully saturated rings. The number of oxazole rings is 1. The lowest BCUT2D eigenvalue weighted by Crippen LogP contribution is -2.54. The summed E-state index contributed by atoms with van der Waals surface area (Å²) in [5, 5.41) is 25.8. The molecule has 3 aromatic heterocycles. The van der Waals surface area contributed by atoms with Crippen LogP contribution in [0, 0.1) is 5.92 Å². The van der Waals surface area contributed by atoms with Gasteiger partial charge in [0.2, 0.25) is 17.7 Å². The normalized spacial score (nSPS) is 22.2. The number of aliphatic hydroxyl groups excluding tert-OH is 1. The van der Waals surface area contributed by atoms with Gasteiger partial charge in [-0.25, -0.2) is 18.7 Å². The van der Waals surface area contributed by atoms with Crippen molar-refractivity contribution in [3.63, 3.8) is 0 Å². The summed E-state index contributed by atoms with van der Waals surface area (Å²) in [6, 6.07) is 7.15. The number of pyridine rings is 1. The Morgan fingerprint density at radius 3 is 2.61 bits per heavy atom. The first kappa shape index (κ1) is 46.4. The van der Waals surface area contributed by atoms with Crippen LogP contribution in [-0.4, -0.2) is 122 Å². The Labute approximate surface area is 380 Å². The number of piperidine rings is 1. The molecule has 4 aliphatic rings. The first-order chi connectivity index (χ1) is 31.9. The number of alkyl halides is 2. The van der Waals surface area contributed by atoms with E-state index in [4.69, 9.17) is 9.15 Å². The molecule has 0 spiro atoms. The standard InChI is InChI=1S/C46H56F2N10O8/c1-56(20-6-22-65-21-5-18-49-32-9-4-7-30-39(32)46(64)58(45(30)63)35-15-16-38(60)54-43(35)62)24-27-11-13-29(14-12-27)57-25-33(40(55-57)41(47)48)52-42(61)34-26-66-44(53-34)28-17-19-50-37(23-28)51-31-8-2-3-10-36(31)59/h4,7,9,17,19,23,25-27,29,31,35-36,41,49,59H,2-3,5-6,8,10-16,18,20-22,24H2,1H3,(H,50,51)(H,52,61)(H,54,60,62)/t27?,29?,31-,35?,36+/m0/s1. The molecular formula is C46H56F2N10O8. The smallest absolute Gasteiger partial charge is 0.284 e. The lowest BCUT2D eigenvalue weighted by atomic mass is 9.86. The van der Waals surface area contributed by atoms with Gasteiger partial charge in [-0.2, -0.15) is 5.10 Å². The quantitative estimate of drug-likeness (QED) is 0.0553. The summed E-state index contributed by atoms with van der Waals surface area (Å²) in [4.78, 5) is 75.5. The number of nitrogens with zero attached hydrogens (tertiary/aromatic N) is 6. The first-order valence-electron chi connectivity index (χ1n) is 22.8. The molecule has 0 radical (unpaired) electrons. The molecule has 8 rings (SSSR count). The molecule has 2 aliphatic heterocycles. The largest absolute Gasteiger partial charge is 0.444 e. The second kappa shape index (κ2) is 21.0. The van der Waals surface area contributed by atoms with Crippen molar-refractivity contribution in [2.24, 2.45) is 5.92 Å². The highest BCUT2D eigenvalue weighted by atomic mass is 19.3. The van der Waals surface area contributed by atoms with Crippen LogP contribution >= 0.6 is 0 Å². The summed E-state index contributed by atoms with van der Waals surface area (Å²) >= 11 is 0. The minimum absolute atomic E-state index is 0.0568. The summed E-state index contributed by atoms with van der Waals surface area (Å²) in [7, 11) is 2.08. The SMILES string of the molecule is CN(CCCOCCCNc1cccc2c1C(=O)N(C1CCC(=O)NC1=O)C2=O)CC1CCC(n2cc(NC(=O)c3coc(-c4ccnc(N[C@H]5CCCC[C@H]5O)c4)n3)c(C(F)F)n2)CC1. The molecule has 20 heteroatoms. The highest BCUT2D eigenvalue weighted by Crippen LogP contribution is 2.36. The number of aliphatic hydroxyl groups is 1. The molecule has 1 saturated heterocycles. The molecule has 5 amide bonds. The van der Waals surface area contributed by atoms with Crippen LogP contribution in [0.15, 0.2) is 53.4 Å². The maximum Gasteiger partial charge on any atom is 0.284 e. The summed E-state index contributed by atoms with van der Waals surface area (Å²) < 4.78 is 41.4. The van der Waals surface area contributed by atoms with Gasteiger partial charge in [0.15, 0.2) is 11.4 Å². The molecule has 352 valence electrons. The third-order valence-electron chi connectivity index (χ3n) is 12.9. The van der Waals surface area contributed by atoms with Crippen molar-refractivity contribution < 1.29 is 47.0 Å². The van der Waals surface area contributed by atoms with Crippen molar-refractivity contribution in [3.05, 3.63) is 71.5 Å². The molecule has 5 N–H and O–H groups in total. The Hall–Kier alpha value is -6.12. The zero-order valence-corrected chi connectivity index (χ0v) is 36.8. The predicted molar refractivity (Wildman–Crippen MR) is 237 cm³/mol. The van der Waals surface area contributed by atoms with Crippen LogP contribution in [0.4, 0.5) is 26.0 Å². The zero-order valence-electron chi connectivity index (χ0n) is 36.8. The van der Waals surface area contributed by atoms with E-state index in [1.54, 1.807) is 41.2 Å². The topological polar surface area (TPSA) is 226 Å². The number of ether oxygens (including phenoxy) is 1. The second-order valence-corrected chi connectivity index (χ2v) is 17.6. The van der Waals surface area contributed by atoms with Gasteiger partial charge in [-0.3, -0.25) is 38.9 Å². The molecule has 1 unspecified atom stereocenters. The average molecular weight is 915 g/mol. The molecule has 66 heavy (non-hydrogen) atoms. The predicted octanol–water partition coefficient (Wildman–Crippen LogP) is 5.81. The number of amides is 5. The van der Waals surface area contributed by atoms with Gasteiger partial charge in [0.05, 0.1) is 35.0 Å². The van der Waals surface area contributed by atoms with Crippen LogP contribution < -0.4 is 21.3 Å². The summed E-state index contributed by atoms with van der Waals surface area (Å²) in [5.41, 5.74) is 0.865. The van der Waals surface area contributed by atoms with Crippen LogP contribution in [-0.2, 0) is 14.3 Å². The van der Waals surface area contributed by atoms with E-state index >= 15 is 0 Å². The van der Waals surface area contributed by atoms with Crippen molar-refractivity contribution in [1.29, 1.82) is 0 Å². The van der Waals surface area contributed by atoms with E-state index in [2.05, 4.69) is 48.3 Å². The maximum atomic E-state index is 14.2. The van der Waals surface area contributed by atoms with Crippen molar-refractivity contribution >= 4 is 46.7 Å². The lowest BCUT2D eigenvalue weighted by Gasteiger charge is -2.31. The van der Waals surface area contributed by atoms with Gasteiger partial charge < -0.3 is 35.1 Å².